The lowest BCUT2D eigenvalue weighted by Gasteiger charge is -2.19. The molecule has 0 aliphatic heterocycles. The molecule has 1 heteroatoms. The number of allylic oxidation sites excluding steroid dienone is 1. The summed E-state index contributed by atoms with van der Waals surface area (Å²) in [7, 11) is 0. The molecule has 0 heterocycles. The SMILES string of the molecule is C=C(OCC1(C)CC1[C@@H](C)c1ccccc1)C(C)C. The van der Waals surface area contributed by atoms with Crippen molar-refractivity contribution in [1.29, 1.82) is 0 Å². The van der Waals surface area contributed by atoms with E-state index < -0.39 is 0 Å². The fraction of sp³-hybridized carbons (Fsp3) is 0.556. The lowest BCUT2D eigenvalue weighted by Crippen LogP contribution is -2.13. The summed E-state index contributed by atoms with van der Waals surface area (Å²) in [5, 5.41) is 0. The Hall–Kier alpha value is -1.24. The van der Waals surface area contributed by atoms with Crippen molar-refractivity contribution in [3.63, 3.8) is 0 Å². The van der Waals surface area contributed by atoms with E-state index in [0.717, 1.165) is 18.3 Å². The summed E-state index contributed by atoms with van der Waals surface area (Å²) in [5.74, 6) is 2.67. The molecule has 0 aromatic heterocycles. The van der Waals surface area contributed by atoms with E-state index in [1.807, 2.05) is 0 Å². The van der Waals surface area contributed by atoms with Gasteiger partial charge in [0.1, 0.15) is 0 Å². The molecule has 104 valence electrons. The van der Waals surface area contributed by atoms with Crippen LogP contribution in [0.2, 0.25) is 0 Å². The van der Waals surface area contributed by atoms with Gasteiger partial charge in [-0.3, -0.25) is 0 Å². The second kappa shape index (κ2) is 5.40. The van der Waals surface area contributed by atoms with E-state index >= 15 is 0 Å². The van der Waals surface area contributed by atoms with Gasteiger partial charge >= 0.3 is 0 Å². The third-order valence-corrected chi connectivity index (χ3v) is 4.58. The maximum absolute atomic E-state index is 5.85. The highest BCUT2D eigenvalue weighted by atomic mass is 16.5. The summed E-state index contributed by atoms with van der Waals surface area (Å²) < 4.78 is 5.85. The molecule has 0 amide bonds. The molecule has 0 radical (unpaired) electrons. The zero-order valence-electron chi connectivity index (χ0n) is 12.6. The lowest BCUT2D eigenvalue weighted by molar-refractivity contribution is 0.133. The number of benzene rings is 1. The molecule has 1 fully saturated rings. The van der Waals surface area contributed by atoms with Crippen LogP contribution in [0.15, 0.2) is 42.7 Å². The molecule has 2 rings (SSSR count). The van der Waals surface area contributed by atoms with Crippen LogP contribution in [0, 0.1) is 17.3 Å². The van der Waals surface area contributed by atoms with Gasteiger partial charge in [-0.05, 0) is 23.8 Å². The Labute approximate surface area is 117 Å². The maximum atomic E-state index is 5.85. The summed E-state index contributed by atoms with van der Waals surface area (Å²) in [5.41, 5.74) is 1.77. The minimum Gasteiger partial charge on any atom is -0.498 e. The highest BCUT2D eigenvalue weighted by Gasteiger charge is 2.53. The van der Waals surface area contributed by atoms with Gasteiger partial charge in [0.05, 0.1) is 12.4 Å². The van der Waals surface area contributed by atoms with Gasteiger partial charge in [-0.2, -0.15) is 0 Å². The molecule has 1 aliphatic rings. The van der Waals surface area contributed by atoms with Crippen LogP contribution in [0.5, 0.6) is 0 Å². The first-order valence-corrected chi connectivity index (χ1v) is 7.30. The Balaban J connectivity index is 1.90. The van der Waals surface area contributed by atoms with Crippen molar-refractivity contribution in [2.24, 2.45) is 17.3 Å². The molecule has 0 spiro atoms. The second-order valence-electron chi connectivity index (χ2n) is 6.57. The van der Waals surface area contributed by atoms with Crippen LogP contribution in [0.25, 0.3) is 0 Å². The summed E-state index contributed by atoms with van der Waals surface area (Å²) in [6, 6.07) is 10.8. The fourth-order valence-electron chi connectivity index (χ4n) is 2.80. The van der Waals surface area contributed by atoms with Crippen molar-refractivity contribution >= 4 is 0 Å². The van der Waals surface area contributed by atoms with E-state index in [4.69, 9.17) is 4.74 Å². The average molecular weight is 258 g/mol. The lowest BCUT2D eigenvalue weighted by atomic mass is 9.91. The van der Waals surface area contributed by atoms with Crippen molar-refractivity contribution in [2.75, 3.05) is 6.61 Å². The standard InChI is InChI=1S/C18H26O/c1-13(2)15(4)19-12-18(5)11-17(18)14(3)16-9-7-6-8-10-16/h6-10,13-14,17H,4,11-12H2,1-3,5H3/t14-,17?,18?/m0/s1. The first-order chi connectivity index (χ1) is 8.94. The van der Waals surface area contributed by atoms with Gasteiger partial charge in [0.25, 0.3) is 0 Å². The number of hydrogen-bond acceptors (Lipinski definition) is 1. The van der Waals surface area contributed by atoms with Gasteiger partial charge in [0, 0.05) is 11.3 Å². The van der Waals surface area contributed by atoms with E-state index in [-0.39, 0.29) is 0 Å². The molecule has 1 saturated carbocycles. The molecule has 19 heavy (non-hydrogen) atoms. The normalized spacial score (nSPS) is 27.1. The van der Waals surface area contributed by atoms with Crippen LogP contribution >= 0.6 is 0 Å². The summed E-state index contributed by atoms with van der Waals surface area (Å²) >= 11 is 0. The smallest absolute Gasteiger partial charge is 0.0933 e. The molecular formula is C18H26O. The van der Waals surface area contributed by atoms with Crippen LogP contribution in [0.1, 0.15) is 45.6 Å². The van der Waals surface area contributed by atoms with Gasteiger partial charge in [-0.15, -0.1) is 0 Å². The molecule has 0 bridgehead atoms. The number of hydrogen-bond donors (Lipinski definition) is 0. The highest BCUT2D eigenvalue weighted by Crippen LogP contribution is 2.59. The topological polar surface area (TPSA) is 9.23 Å². The molecule has 0 N–H and O–H groups in total. The molecule has 1 aromatic carbocycles. The van der Waals surface area contributed by atoms with E-state index in [0.29, 0.717) is 17.3 Å². The molecule has 0 saturated heterocycles. The second-order valence-corrected chi connectivity index (χ2v) is 6.57. The molecule has 1 nitrogen and oxygen atoms in total. The third kappa shape index (κ3) is 3.20. The summed E-state index contributed by atoms with van der Waals surface area (Å²) in [6.07, 6.45) is 1.26. The quantitative estimate of drug-likeness (QED) is 0.652. The van der Waals surface area contributed by atoms with Crippen LogP contribution in [0.3, 0.4) is 0 Å². The zero-order chi connectivity index (χ0) is 14.0. The number of ether oxygens (including phenoxy) is 1. The molecule has 1 aromatic rings. The van der Waals surface area contributed by atoms with Crippen LogP contribution in [-0.2, 0) is 4.74 Å². The largest absolute Gasteiger partial charge is 0.498 e. The predicted octanol–water partition coefficient (Wildman–Crippen LogP) is 5.00. The van der Waals surface area contributed by atoms with E-state index in [2.05, 4.69) is 64.6 Å². The van der Waals surface area contributed by atoms with Crippen LogP contribution in [-0.4, -0.2) is 6.61 Å². The molecular weight excluding hydrogens is 232 g/mol. The zero-order valence-corrected chi connectivity index (χ0v) is 12.6. The van der Waals surface area contributed by atoms with Gasteiger partial charge < -0.3 is 4.74 Å². The van der Waals surface area contributed by atoms with Crippen molar-refractivity contribution in [3.8, 4) is 0 Å². The molecule has 3 atom stereocenters. The maximum Gasteiger partial charge on any atom is 0.0933 e. The van der Waals surface area contributed by atoms with Crippen molar-refractivity contribution < 1.29 is 4.74 Å². The Morgan fingerprint density at radius 1 is 1.32 bits per heavy atom. The minimum absolute atomic E-state index is 0.326. The summed E-state index contributed by atoms with van der Waals surface area (Å²) in [6.45, 7) is 13.7. The van der Waals surface area contributed by atoms with Crippen LogP contribution < -0.4 is 0 Å². The highest BCUT2D eigenvalue weighted by molar-refractivity contribution is 5.23. The van der Waals surface area contributed by atoms with Gasteiger partial charge in [-0.25, -0.2) is 0 Å². The Bertz CT molecular complexity index is 434. The summed E-state index contributed by atoms with van der Waals surface area (Å²) in [4.78, 5) is 0. The van der Waals surface area contributed by atoms with E-state index in [9.17, 15) is 0 Å². The Morgan fingerprint density at radius 2 is 1.95 bits per heavy atom. The van der Waals surface area contributed by atoms with Crippen molar-refractivity contribution in [3.05, 3.63) is 48.2 Å². The molecule has 1 aliphatic carbocycles. The first kappa shape index (κ1) is 14.2. The van der Waals surface area contributed by atoms with Gasteiger partial charge in [0.15, 0.2) is 0 Å². The third-order valence-electron chi connectivity index (χ3n) is 4.58. The number of rotatable bonds is 6. The predicted molar refractivity (Wildman–Crippen MR) is 81.0 cm³/mol. The van der Waals surface area contributed by atoms with Crippen LogP contribution in [0.4, 0.5) is 0 Å². The fourth-order valence-corrected chi connectivity index (χ4v) is 2.80. The Kier molecular flexibility index (Phi) is 4.03. The average Bonchev–Trinajstić information content (AvgIpc) is 3.08. The Morgan fingerprint density at radius 3 is 2.53 bits per heavy atom. The van der Waals surface area contributed by atoms with E-state index in [1.54, 1.807) is 0 Å². The minimum atomic E-state index is 0.326. The van der Waals surface area contributed by atoms with Crippen molar-refractivity contribution in [1.82, 2.24) is 0 Å². The first-order valence-electron chi connectivity index (χ1n) is 7.30. The van der Waals surface area contributed by atoms with E-state index in [1.165, 1.54) is 12.0 Å². The van der Waals surface area contributed by atoms with Crippen molar-refractivity contribution in [2.45, 2.75) is 40.0 Å². The molecule has 2 unspecified atom stereocenters. The van der Waals surface area contributed by atoms with Gasteiger partial charge in [0.2, 0.25) is 0 Å². The van der Waals surface area contributed by atoms with Gasteiger partial charge in [-0.1, -0.05) is 64.6 Å². The monoisotopic (exact) mass is 258 g/mol.